The summed E-state index contributed by atoms with van der Waals surface area (Å²) in [6, 6.07) is 0. The van der Waals surface area contributed by atoms with Gasteiger partial charge in [0.15, 0.2) is 0 Å². The highest BCUT2D eigenvalue weighted by molar-refractivity contribution is 4.69. The highest BCUT2D eigenvalue weighted by Gasteiger charge is 1.83. The molecule has 1 aromatic rings. The maximum atomic E-state index is 3.63. The Morgan fingerprint density at radius 3 is 2.67 bits per heavy atom. The number of nitrogens with zero attached hydrogens (tertiary/aromatic N) is 3. The Hall–Kier alpha value is -1.06. The van der Waals surface area contributed by atoms with E-state index in [0.29, 0.717) is 0 Å². The molecule has 0 saturated heterocycles. The van der Waals surface area contributed by atoms with Crippen LogP contribution in [0.25, 0.3) is 0 Å². The van der Waals surface area contributed by atoms with Crippen molar-refractivity contribution in [2.24, 2.45) is 0 Å². The van der Waals surface area contributed by atoms with Gasteiger partial charge in [0.25, 0.3) is 0 Å². The highest BCUT2D eigenvalue weighted by atomic mass is 15.5. The maximum absolute atomic E-state index is 3.63. The summed E-state index contributed by atoms with van der Waals surface area (Å²) in [4.78, 5) is 0. The average molecular weight is 126 g/mol. The van der Waals surface area contributed by atoms with Crippen LogP contribution in [0.15, 0.2) is 12.7 Å². The van der Waals surface area contributed by atoms with Crippen LogP contribution in [0.1, 0.15) is 13.3 Å². The van der Waals surface area contributed by atoms with Crippen LogP contribution in [0.4, 0.5) is 0 Å². The zero-order chi connectivity index (χ0) is 6.53. The number of aromatic nitrogens is 3. The third kappa shape index (κ3) is 1.71. The van der Waals surface area contributed by atoms with E-state index >= 15 is 0 Å². The van der Waals surface area contributed by atoms with Gasteiger partial charge in [0.2, 0.25) is 0 Å². The monoisotopic (exact) mass is 126 g/mol. The summed E-state index contributed by atoms with van der Waals surface area (Å²) in [7, 11) is 0. The van der Waals surface area contributed by atoms with Gasteiger partial charge in [-0.05, 0) is 6.42 Å². The van der Waals surface area contributed by atoms with Gasteiger partial charge in [-0.15, -0.1) is 10.2 Å². The Morgan fingerprint density at radius 1 is 1.44 bits per heavy atom. The van der Waals surface area contributed by atoms with E-state index in [1.54, 1.807) is 17.3 Å². The summed E-state index contributed by atoms with van der Waals surface area (Å²) in [5.41, 5.74) is 3.07. The van der Waals surface area contributed by atoms with Crippen LogP contribution in [0.5, 0.6) is 0 Å². The third-order valence-corrected chi connectivity index (χ3v) is 0.963. The predicted molar refractivity (Wildman–Crippen MR) is 34.5 cm³/mol. The molecule has 1 heterocycles. The van der Waals surface area contributed by atoms with E-state index in [9.17, 15) is 0 Å². The molecule has 0 unspecified atom stereocenters. The van der Waals surface area contributed by atoms with E-state index in [0.717, 1.165) is 13.0 Å². The van der Waals surface area contributed by atoms with Crippen molar-refractivity contribution >= 4 is 0 Å². The molecule has 0 aromatic carbocycles. The van der Waals surface area contributed by atoms with Crippen LogP contribution < -0.4 is 5.43 Å². The highest BCUT2D eigenvalue weighted by Crippen LogP contribution is 1.76. The minimum atomic E-state index is 0.956. The minimum Gasteiger partial charge on any atom is -0.323 e. The van der Waals surface area contributed by atoms with Gasteiger partial charge in [-0.25, -0.2) is 4.68 Å². The van der Waals surface area contributed by atoms with Crippen molar-refractivity contribution in [3.63, 3.8) is 0 Å². The zero-order valence-corrected chi connectivity index (χ0v) is 5.41. The first-order chi connectivity index (χ1) is 4.43. The lowest BCUT2D eigenvalue weighted by Gasteiger charge is -2.00. The van der Waals surface area contributed by atoms with Gasteiger partial charge in [0.1, 0.15) is 12.7 Å². The summed E-state index contributed by atoms with van der Waals surface area (Å²) in [5, 5.41) is 7.25. The first-order valence-corrected chi connectivity index (χ1v) is 3.02. The van der Waals surface area contributed by atoms with E-state index in [-0.39, 0.29) is 0 Å². The van der Waals surface area contributed by atoms with Gasteiger partial charge in [0.05, 0.1) is 0 Å². The number of hydrogen-bond acceptors (Lipinski definition) is 3. The molecule has 0 bridgehead atoms. The lowest BCUT2D eigenvalue weighted by atomic mass is 10.5. The molecule has 1 N–H and O–H groups in total. The van der Waals surface area contributed by atoms with E-state index in [4.69, 9.17) is 0 Å². The van der Waals surface area contributed by atoms with E-state index in [1.165, 1.54) is 0 Å². The van der Waals surface area contributed by atoms with Gasteiger partial charge in [-0.1, -0.05) is 6.92 Å². The molecular formula is C5H10N4. The lowest BCUT2D eigenvalue weighted by molar-refractivity contribution is 0.805. The average Bonchev–Trinajstić information content (AvgIpc) is 2.34. The van der Waals surface area contributed by atoms with Gasteiger partial charge in [0, 0.05) is 6.54 Å². The Labute approximate surface area is 53.9 Å². The molecule has 0 saturated carbocycles. The number of nitrogens with one attached hydrogen (secondary N) is 1. The van der Waals surface area contributed by atoms with Crippen LogP contribution in [-0.2, 0) is 0 Å². The fraction of sp³-hybridized carbons (Fsp3) is 0.600. The molecule has 0 amide bonds. The largest absolute Gasteiger partial charge is 0.323 e. The molecule has 1 aromatic heterocycles. The van der Waals surface area contributed by atoms with Crippen molar-refractivity contribution in [3.8, 4) is 0 Å². The number of hydrogen-bond donors (Lipinski definition) is 1. The molecule has 0 radical (unpaired) electrons. The molecular weight excluding hydrogens is 116 g/mol. The van der Waals surface area contributed by atoms with Gasteiger partial charge in [-0.2, -0.15) is 0 Å². The fourth-order valence-electron chi connectivity index (χ4n) is 0.523. The predicted octanol–water partition coefficient (Wildman–Crippen LogP) is 0.232. The topological polar surface area (TPSA) is 42.7 Å². The zero-order valence-electron chi connectivity index (χ0n) is 5.41. The van der Waals surface area contributed by atoms with Crippen molar-refractivity contribution in [1.82, 2.24) is 14.9 Å². The Morgan fingerprint density at radius 2 is 2.11 bits per heavy atom. The standard InChI is InChI=1S/C5H10N4/c1-2-3-8-9-4-6-7-5-9/h4-5,8H,2-3H2,1H3. The van der Waals surface area contributed by atoms with Crippen LogP contribution in [0.2, 0.25) is 0 Å². The van der Waals surface area contributed by atoms with E-state index < -0.39 is 0 Å². The van der Waals surface area contributed by atoms with Crippen LogP contribution in [0, 0.1) is 0 Å². The van der Waals surface area contributed by atoms with Gasteiger partial charge >= 0.3 is 0 Å². The molecule has 4 nitrogen and oxygen atoms in total. The third-order valence-electron chi connectivity index (χ3n) is 0.963. The first-order valence-electron chi connectivity index (χ1n) is 3.02. The SMILES string of the molecule is CCCNn1cnnc1. The Kier molecular flexibility index (Phi) is 2.06. The van der Waals surface area contributed by atoms with Crippen molar-refractivity contribution in [1.29, 1.82) is 0 Å². The van der Waals surface area contributed by atoms with Crippen molar-refractivity contribution in [2.45, 2.75) is 13.3 Å². The summed E-state index contributed by atoms with van der Waals surface area (Å²) >= 11 is 0. The summed E-state index contributed by atoms with van der Waals surface area (Å²) in [6.07, 6.45) is 4.38. The van der Waals surface area contributed by atoms with Crippen molar-refractivity contribution in [3.05, 3.63) is 12.7 Å². The van der Waals surface area contributed by atoms with Gasteiger partial charge < -0.3 is 5.43 Å². The van der Waals surface area contributed by atoms with Crippen LogP contribution in [-0.4, -0.2) is 21.4 Å². The molecule has 0 spiro atoms. The molecule has 0 aliphatic heterocycles. The quantitative estimate of drug-likeness (QED) is 0.630. The second-order valence-corrected chi connectivity index (χ2v) is 1.78. The van der Waals surface area contributed by atoms with Crippen LogP contribution >= 0.6 is 0 Å². The molecule has 0 fully saturated rings. The maximum Gasteiger partial charge on any atom is 0.138 e. The van der Waals surface area contributed by atoms with Crippen molar-refractivity contribution in [2.75, 3.05) is 12.0 Å². The summed E-state index contributed by atoms with van der Waals surface area (Å²) in [6.45, 7) is 3.06. The van der Waals surface area contributed by atoms with E-state index in [2.05, 4.69) is 22.5 Å². The molecule has 0 aliphatic rings. The molecule has 4 heteroatoms. The summed E-state index contributed by atoms with van der Waals surface area (Å²) < 4.78 is 1.74. The number of rotatable bonds is 3. The van der Waals surface area contributed by atoms with Gasteiger partial charge in [-0.3, -0.25) is 0 Å². The minimum absolute atomic E-state index is 0.956. The fourth-order valence-corrected chi connectivity index (χ4v) is 0.523. The summed E-state index contributed by atoms with van der Waals surface area (Å²) in [5.74, 6) is 0. The molecule has 0 aliphatic carbocycles. The molecule has 1 rings (SSSR count). The van der Waals surface area contributed by atoms with Crippen molar-refractivity contribution < 1.29 is 0 Å². The Balaban J connectivity index is 2.30. The smallest absolute Gasteiger partial charge is 0.138 e. The molecule has 9 heavy (non-hydrogen) atoms. The molecule has 0 atom stereocenters. The second-order valence-electron chi connectivity index (χ2n) is 1.78. The van der Waals surface area contributed by atoms with E-state index in [1.807, 2.05) is 0 Å². The normalized spacial score (nSPS) is 9.44. The van der Waals surface area contributed by atoms with Crippen LogP contribution in [0.3, 0.4) is 0 Å². The molecule has 50 valence electrons. The Bertz CT molecular complexity index is 146. The second kappa shape index (κ2) is 3.06. The first kappa shape index (κ1) is 6.07. The lowest BCUT2D eigenvalue weighted by Crippen LogP contribution is -2.12.